The van der Waals surface area contributed by atoms with Gasteiger partial charge in [-0.05, 0) is 56.0 Å². The van der Waals surface area contributed by atoms with Gasteiger partial charge in [0.25, 0.3) is 0 Å². The molecule has 4 fully saturated rings. The highest BCUT2D eigenvalue weighted by Crippen LogP contribution is 2.31. The van der Waals surface area contributed by atoms with E-state index >= 15 is 0 Å². The highest BCUT2D eigenvalue weighted by Gasteiger charge is 2.36. The number of nitrogens with one attached hydrogen (secondary N) is 1. The van der Waals surface area contributed by atoms with Gasteiger partial charge in [0, 0.05) is 64.3 Å². The van der Waals surface area contributed by atoms with Crippen LogP contribution in [0.5, 0.6) is 0 Å². The number of piperazine rings is 1. The van der Waals surface area contributed by atoms with Gasteiger partial charge in [-0.2, -0.15) is 0 Å². The molecule has 4 aliphatic rings. The van der Waals surface area contributed by atoms with Gasteiger partial charge in [0.05, 0.1) is 0 Å². The third-order valence-corrected chi connectivity index (χ3v) is 8.80. The third-order valence-electron chi connectivity index (χ3n) is 8.80. The Morgan fingerprint density at radius 1 is 0.970 bits per heavy atom. The van der Waals surface area contributed by atoms with Gasteiger partial charge in [0.1, 0.15) is 0 Å². The van der Waals surface area contributed by atoms with Crippen molar-refractivity contribution in [2.45, 2.75) is 76.4 Å². The third kappa shape index (κ3) is 6.17. The van der Waals surface area contributed by atoms with Crippen LogP contribution in [-0.4, -0.2) is 78.5 Å². The smallest absolute Gasteiger partial charge is 0.222 e. The summed E-state index contributed by atoms with van der Waals surface area (Å²) in [6.45, 7) is 8.68. The monoisotopic (exact) mass is 452 g/mol. The van der Waals surface area contributed by atoms with Crippen LogP contribution in [-0.2, 0) is 11.3 Å². The second-order valence-corrected chi connectivity index (χ2v) is 11.2. The second-order valence-electron chi connectivity index (χ2n) is 11.2. The number of piperidine rings is 2. The molecule has 0 unspecified atom stereocenters. The number of rotatable bonds is 7. The zero-order valence-corrected chi connectivity index (χ0v) is 20.5. The molecule has 2 bridgehead atoms. The van der Waals surface area contributed by atoms with E-state index in [4.69, 9.17) is 0 Å². The molecule has 33 heavy (non-hydrogen) atoms. The van der Waals surface area contributed by atoms with E-state index in [0.717, 1.165) is 76.4 Å². The number of carbonyl (C=O) groups is 1. The standard InChI is InChI=1S/C28H44N4O/c33-28(32-16-14-31(15-17-32)26-10-5-2-6-11-26)13-7-12-27-25-18-24(19-29-27)21-30(22-25)20-23-8-3-1-4-9-23/h1,3-4,8-9,24-27,29H,2,5-7,10-22H2/t24-,25-,27+/m0/s1. The minimum atomic E-state index is 0.390. The number of fused-ring (bicyclic) bond motifs is 2. The first kappa shape index (κ1) is 23.3. The van der Waals surface area contributed by atoms with Crippen LogP contribution in [0.1, 0.15) is 63.4 Å². The van der Waals surface area contributed by atoms with Crippen molar-refractivity contribution in [3.05, 3.63) is 35.9 Å². The number of benzene rings is 1. The molecule has 0 aromatic heterocycles. The molecule has 3 atom stereocenters. The van der Waals surface area contributed by atoms with Gasteiger partial charge in [-0.3, -0.25) is 14.6 Å². The summed E-state index contributed by atoms with van der Waals surface area (Å²) in [4.78, 5) is 20.3. The van der Waals surface area contributed by atoms with Crippen molar-refractivity contribution in [1.29, 1.82) is 0 Å². The fraction of sp³-hybridized carbons (Fsp3) is 0.750. The van der Waals surface area contributed by atoms with Crippen LogP contribution in [0, 0.1) is 11.8 Å². The van der Waals surface area contributed by atoms with Gasteiger partial charge in [0.15, 0.2) is 0 Å². The Hall–Kier alpha value is -1.43. The van der Waals surface area contributed by atoms with Crippen molar-refractivity contribution in [2.24, 2.45) is 11.8 Å². The van der Waals surface area contributed by atoms with Crippen LogP contribution in [0.2, 0.25) is 0 Å². The molecule has 5 rings (SSSR count). The predicted molar refractivity (Wildman–Crippen MR) is 134 cm³/mol. The van der Waals surface area contributed by atoms with Crippen LogP contribution in [0.15, 0.2) is 30.3 Å². The molecule has 182 valence electrons. The van der Waals surface area contributed by atoms with E-state index in [2.05, 4.69) is 50.3 Å². The highest BCUT2D eigenvalue weighted by molar-refractivity contribution is 5.76. The van der Waals surface area contributed by atoms with Crippen molar-refractivity contribution in [3.63, 3.8) is 0 Å². The summed E-state index contributed by atoms with van der Waals surface area (Å²) in [5, 5.41) is 3.84. The Bertz CT molecular complexity index is 742. The molecule has 3 heterocycles. The number of likely N-dealkylation sites (tertiary alicyclic amines) is 1. The summed E-state index contributed by atoms with van der Waals surface area (Å²) < 4.78 is 0. The van der Waals surface area contributed by atoms with Crippen molar-refractivity contribution in [1.82, 2.24) is 20.0 Å². The van der Waals surface area contributed by atoms with Crippen LogP contribution in [0.25, 0.3) is 0 Å². The molecule has 1 amide bonds. The largest absolute Gasteiger partial charge is 0.340 e. The van der Waals surface area contributed by atoms with Crippen molar-refractivity contribution < 1.29 is 4.79 Å². The van der Waals surface area contributed by atoms with Gasteiger partial charge < -0.3 is 10.2 Å². The lowest BCUT2D eigenvalue weighted by atomic mass is 9.79. The van der Waals surface area contributed by atoms with E-state index in [1.54, 1.807) is 0 Å². The molecular formula is C28H44N4O. The maximum Gasteiger partial charge on any atom is 0.222 e. The average molecular weight is 453 g/mol. The Morgan fingerprint density at radius 2 is 1.76 bits per heavy atom. The van der Waals surface area contributed by atoms with Crippen molar-refractivity contribution >= 4 is 5.91 Å². The molecule has 1 saturated carbocycles. The lowest BCUT2D eigenvalue weighted by Gasteiger charge is -2.46. The van der Waals surface area contributed by atoms with Gasteiger partial charge in [0.2, 0.25) is 5.91 Å². The maximum atomic E-state index is 12.9. The normalized spacial score (nSPS) is 29.8. The first-order chi connectivity index (χ1) is 16.2. The number of hydrogen-bond acceptors (Lipinski definition) is 4. The summed E-state index contributed by atoms with van der Waals surface area (Å²) in [7, 11) is 0. The lowest BCUT2D eigenvalue weighted by Crippen LogP contribution is -2.56. The van der Waals surface area contributed by atoms with Crippen LogP contribution >= 0.6 is 0 Å². The Balaban J connectivity index is 1.03. The molecule has 1 N–H and O–H groups in total. The van der Waals surface area contributed by atoms with Crippen molar-refractivity contribution in [3.8, 4) is 0 Å². The Kier molecular flexibility index (Phi) is 8.01. The topological polar surface area (TPSA) is 38.8 Å². The highest BCUT2D eigenvalue weighted by atomic mass is 16.2. The van der Waals surface area contributed by atoms with E-state index in [1.807, 2.05) is 0 Å². The van der Waals surface area contributed by atoms with Crippen LogP contribution in [0.3, 0.4) is 0 Å². The second kappa shape index (κ2) is 11.3. The summed E-state index contributed by atoms with van der Waals surface area (Å²) in [5.74, 6) is 1.91. The Morgan fingerprint density at radius 3 is 2.55 bits per heavy atom. The maximum absolute atomic E-state index is 12.9. The van der Waals surface area contributed by atoms with E-state index in [-0.39, 0.29) is 0 Å². The van der Waals surface area contributed by atoms with E-state index in [9.17, 15) is 4.79 Å². The van der Waals surface area contributed by atoms with Gasteiger partial charge in [-0.1, -0.05) is 49.6 Å². The summed E-state index contributed by atoms with van der Waals surface area (Å²) in [5.41, 5.74) is 1.43. The van der Waals surface area contributed by atoms with Crippen molar-refractivity contribution in [2.75, 3.05) is 45.8 Å². The quantitative estimate of drug-likeness (QED) is 0.684. The minimum Gasteiger partial charge on any atom is -0.340 e. The average Bonchev–Trinajstić information content (AvgIpc) is 2.86. The number of nitrogens with zero attached hydrogens (tertiary/aromatic N) is 3. The first-order valence-corrected chi connectivity index (χ1v) is 13.8. The SMILES string of the molecule is O=C(CCC[C@H]1NC[C@@H]2C[C@H]1CN(Cc1ccccc1)C2)N1CCN(C2CCCCC2)CC1. The molecular weight excluding hydrogens is 408 g/mol. The van der Waals surface area contributed by atoms with Gasteiger partial charge in [-0.25, -0.2) is 0 Å². The van der Waals surface area contributed by atoms with E-state index in [1.165, 1.54) is 57.2 Å². The molecule has 3 saturated heterocycles. The molecule has 1 aromatic carbocycles. The predicted octanol–water partition coefficient (Wildman–Crippen LogP) is 3.74. The first-order valence-electron chi connectivity index (χ1n) is 13.8. The summed E-state index contributed by atoms with van der Waals surface area (Å²) in [6.07, 6.45) is 11.2. The number of hydrogen-bond donors (Lipinski definition) is 1. The number of carbonyl (C=O) groups excluding carboxylic acids is 1. The molecule has 1 aliphatic carbocycles. The van der Waals surface area contributed by atoms with E-state index < -0.39 is 0 Å². The minimum absolute atomic E-state index is 0.390. The van der Waals surface area contributed by atoms with Crippen LogP contribution in [0.4, 0.5) is 0 Å². The zero-order valence-electron chi connectivity index (χ0n) is 20.5. The lowest BCUT2D eigenvalue weighted by molar-refractivity contribution is -0.133. The summed E-state index contributed by atoms with van der Waals surface area (Å²) in [6, 6.07) is 12.3. The van der Waals surface area contributed by atoms with E-state index in [0.29, 0.717) is 11.9 Å². The fourth-order valence-electron chi connectivity index (χ4n) is 7.00. The molecule has 1 aromatic rings. The van der Waals surface area contributed by atoms with Gasteiger partial charge >= 0.3 is 0 Å². The molecule has 0 spiro atoms. The zero-order chi connectivity index (χ0) is 22.5. The molecule has 0 radical (unpaired) electrons. The number of amides is 1. The fourth-order valence-corrected chi connectivity index (χ4v) is 7.00. The molecule has 5 heteroatoms. The van der Waals surface area contributed by atoms with Crippen LogP contribution < -0.4 is 5.32 Å². The molecule has 3 aliphatic heterocycles. The Labute approximate surface area is 200 Å². The summed E-state index contributed by atoms with van der Waals surface area (Å²) >= 11 is 0. The molecule has 5 nitrogen and oxygen atoms in total. The van der Waals surface area contributed by atoms with Gasteiger partial charge in [-0.15, -0.1) is 0 Å².